The van der Waals surface area contributed by atoms with Crippen molar-refractivity contribution in [1.29, 1.82) is 0 Å². The van der Waals surface area contributed by atoms with Crippen LogP contribution in [-0.2, 0) is 4.79 Å². The zero-order valence-corrected chi connectivity index (χ0v) is 16.8. The van der Waals surface area contributed by atoms with Crippen molar-refractivity contribution in [3.63, 3.8) is 0 Å². The van der Waals surface area contributed by atoms with Crippen LogP contribution in [0.4, 0.5) is 5.82 Å². The van der Waals surface area contributed by atoms with Crippen molar-refractivity contribution in [2.75, 3.05) is 50.8 Å². The molecule has 1 saturated heterocycles. The first-order valence-corrected chi connectivity index (χ1v) is 10.3. The molecule has 3 heterocycles. The molecule has 1 fully saturated rings. The summed E-state index contributed by atoms with van der Waals surface area (Å²) in [7, 11) is 0. The molecular formula is C22H28N4O3. The predicted octanol–water partition coefficient (Wildman–Crippen LogP) is 2.24. The highest BCUT2D eigenvalue weighted by Crippen LogP contribution is 2.32. The van der Waals surface area contributed by atoms with E-state index in [2.05, 4.69) is 20.1 Å². The van der Waals surface area contributed by atoms with Crippen LogP contribution in [0.1, 0.15) is 24.9 Å². The molecule has 4 rings (SSSR count). The lowest BCUT2D eigenvalue weighted by molar-refractivity contribution is -0.122. The van der Waals surface area contributed by atoms with E-state index in [-0.39, 0.29) is 11.9 Å². The fourth-order valence-corrected chi connectivity index (χ4v) is 3.73. The van der Waals surface area contributed by atoms with Gasteiger partial charge in [0.25, 0.3) is 0 Å². The van der Waals surface area contributed by atoms with E-state index in [4.69, 9.17) is 9.47 Å². The van der Waals surface area contributed by atoms with Crippen molar-refractivity contribution in [3.05, 3.63) is 48.2 Å². The summed E-state index contributed by atoms with van der Waals surface area (Å²) in [4.78, 5) is 21.5. The molecule has 2 aliphatic rings. The number of rotatable bonds is 6. The van der Waals surface area contributed by atoms with Gasteiger partial charge >= 0.3 is 0 Å². The van der Waals surface area contributed by atoms with Gasteiger partial charge in [0.05, 0.1) is 6.04 Å². The number of nitrogens with one attached hydrogen (secondary N) is 1. The van der Waals surface area contributed by atoms with Crippen LogP contribution in [-0.4, -0.2) is 61.7 Å². The standard InChI is InChI=1S/C22H28N4O3/c1-17(18-5-6-19-20(16-18)29-15-14-28-19)24-22(27)7-9-25-10-12-26(13-11-25)21-4-2-3-8-23-21/h2-6,8,16-17H,7,9-15H2,1H3,(H,24,27)/t17-/m0/s1. The van der Waals surface area contributed by atoms with Crippen molar-refractivity contribution in [2.45, 2.75) is 19.4 Å². The van der Waals surface area contributed by atoms with Gasteiger partial charge in [0, 0.05) is 45.3 Å². The quantitative estimate of drug-likeness (QED) is 0.808. The number of fused-ring (bicyclic) bond motifs is 1. The van der Waals surface area contributed by atoms with Gasteiger partial charge in [-0.2, -0.15) is 0 Å². The van der Waals surface area contributed by atoms with Crippen molar-refractivity contribution < 1.29 is 14.3 Å². The second-order valence-corrected chi connectivity index (χ2v) is 7.46. The Bertz CT molecular complexity index is 822. The van der Waals surface area contributed by atoms with Gasteiger partial charge in [0.1, 0.15) is 19.0 Å². The molecule has 1 aromatic heterocycles. The third-order valence-corrected chi connectivity index (χ3v) is 5.44. The highest BCUT2D eigenvalue weighted by atomic mass is 16.6. The van der Waals surface area contributed by atoms with Crippen LogP contribution in [0.5, 0.6) is 11.5 Å². The van der Waals surface area contributed by atoms with E-state index in [0.29, 0.717) is 19.6 Å². The molecule has 1 atom stereocenters. The molecule has 0 radical (unpaired) electrons. The molecule has 2 aromatic rings. The number of piperazine rings is 1. The molecule has 29 heavy (non-hydrogen) atoms. The molecule has 2 aliphatic heterocycles. The highest BCUT2D eigenvalue weighted by molar-refractivity contribution is 5.76. The second-order valence-electron chi connectivity index (χ2n) is 7.46. The van der Waals surface area contributed by atoms with Gasteiger partial charge in [-0.05, 0) is 36.8 Å². The third-order valence-electron chi connectivity index (χ3n) is 5.44. The summed E-state index contributed by atoms with van der Waals surface area (Å²) in [6, 6.07) is 11.8. The summed E-state index contributed by atoms with van der Waals surface area (Å²) in [5.74, 6) is 2.61. The van der Waals surface area contributed by atoms with E-state index in [1.165, 1.54) is 0 Å². The molecule has 7 heteroatoms. The van der Waals surface area contributed by atoms with Gasteiger partial charge in [-0.25, -0.2) is 4.98 Å². The maximum atomic E-state index is 12.4. The minimum Gasteiger partial charge on any atom is -0.486 e. The number of aromatic nitrogens is 1. The number of carbonyl (C=O) groups excluding carboxylic acids is 1. The van der Waals surface area contributed by atoms with Crippen LogP contribution in [0, 0.1) is 0 Å². The number of hydrogen-bond donors (Lipinski definition) is 1. The predicted molar refractivity (Wildman–Crippen MR) is 111 cm³/mol. The number of nitrogens with zero attached hydrogens (tertiary/aromatic N) is 3. The summed E-state index contributed by atoms with van der Waals surface area (Å²) in [6.45, 7) is 7.67. The van der Waals surface area contributed by atoms with Gasteiger partial charge < -0.3 is 19.7 Å². The Balaban J connectivity index is 1.21. The average Bonchev–Trinajstić information content (AvgIpc) is 2.78. The van der Waals surface area contributed by atoms with E-state index < -0.39 is 0 Å². The molecule has 0 bridgehead atoms. The molecule has 1 aromatic carbocycles. The van der Waals surface area contributed by atoms with Crippen LogP contribution in [0.15, 0.2) is 42.6 Å². The summed E-state index contributed by atoms with van der Waals surface area (Å²) < 4.78 is 11.2. The van der Waals surface area contributed by atoms with Gasteiger partial charge in [-0.1, -0.05) is 12.1 Å². The van der Waals surface area contributed by atoms with Crippen molar-refractivity contribution in [3.8, 4) is 11.5 Å². The van der Waals surface area contributed by atoms with Gasteiger partial charge in [0.2, 0.25) is 5.91 Å². The Hall–Kier alpha value is -2.80. The summed E-state index contributed by atoms with van der Waals surface area (Å²) in [5.41, 5.74) is 1.02. The van der Waals surface area contributed by atoms with E-state index in [1.807, 2.05) is 49.5 Å². The lowest BCUT2D eigenvalue weighted by atomic mass is 10.1. The van der Waals surface area contributed by atoms with Gasteiger partial charge in [-0.3, -0.25) is 9.69 Å². The average molecular weight is 396 g/mol. The summed E-state index contributed by atoms with van der Waals surface area (Å²) in [5, 5.41) is 3.09. The Kier molecular flexibility index (Phi) is 6.14. The lowest BCUT2D eigenvalue weighted by Crippen LogP contribution is -2.47. The van der Waals surface area contributed by atoms with Crippen molar-refractivity contribution in [2.24, 2.45) is 0 Å². The second kappa shape index (κ2) is 9.13. The highest BCUT2D eigenvalue weighted by Gasteiger charge is 2.19. The molecule has 1 N–H and O–H groups in total. The minimum absolute atomic E-state index is 0.0690. The van der Waals surface area contributed by atoms with Gasteiger partial charge in [0.15, 0.2) is 11.5 Å². The first-order valence-electron chi connectivity index (χ1n) is 10.3. The number of benzene rings is 1. The number of carbonyl (C=O) groups is 1. The van der Waals surface area contributed by atoms with Crippen LogP contribution < -0.4 is 19.7 Å². The molecule has 154 valence electrons. The molecule has 0 spiro atoms. The van der Waals surface area contributed by atoms with Crippen LogP contribution in [0.3, 0.4) is 0 Å². The van der Waals surface area contributed by atoms with Crippen LogP contribution in [0.25, 0.3) is 0 Å². The molecular weight excluding hydrogens is 368 g/mol. The summed E-state index contributed by atoms with van der Waals surface area (Å²) in [6.07, 6.45) is 2.33. The van der Waals surface area contributed by atoms with E-state index >= 15 is 0 Å². The normalized spacial score (nSPS) is 17.6. The van der Waals surface area contributed by atoms with Crippen LogP contribution in [0.2, 0.25) is 0 Å². The fourth-order valence-electron chi connectivity index (χ4n) is 3.73. The monoisotopic (exact) mass is 396 g/mol. The van der Waals surface area contributed by atoms with E-state index in [1.54, 1.807) is 0 Å². The Morgan fingerprint density at radius 1 is 1.10 bits per heavy atom. The maximum Gasteiger partial charge on any atom is 0.221 e. The molecule has 0 unspecified atom stereocenters. The maximum absolute atomic E-state index is 12.4. The SMILES string of the molecule is C[C@H](NC(=O)CCN1CCN(c2ccccn2)CC1)c1ccc2c(c1)OCCO2. The Morgan fingerprint density at radius 3 is 2.66 bits per heavy atom. The zero-order chi connectivity index (χ0) is 20.1. The topological polar surface area (TPSA) is 66.9 Å². The molecule has 7 nitrogen and oxygen atoms in total. The first kappa shape index (κ1) is 19.5. The molecule has 0 saturated carbocycles. The lowest BCUT2D eigenvalue weighted by Gasteiger charge is -2.35. The fraction of sp³-hybridized carbons (Fsp3) is 0.455. The molecule has 1 amide bonds. The third kappa shape index (κ3) is 4.98. The number of ether oxygens (including phenoxy) is 2. The number of amides is 1. The Labute approximate surface area is 171 Å². The van der Waals surface area contributed by atoms with E-state index in [0.717, 1.165) is 55.6 Å². The molecule has 0 aliphatic carbocycles. The Morgan fingerprint density at radius 2 is 1.90 bits per heavy atom. The van der Waals surface area contributed by atoms with Gasteiger partial charge in [-0.15, -0.1) is 0 Å². The minimum atomic E-state index is -0.0701. The van der Waals surface area contributed by atoms with Crippen molar-refractivity contribution >= 4 is 11.7 Å². The van der Waals surface area contributed by atoms with E-state index in [9.17, 15) is 4.79 Å². The first-order chi connectivity index (χ1) is 14.2. The number of anilines is 1. The number of pyridine rings is 1. The smallest absolute Gasteiger partial charge is 0.221 e. The number of hydrogen-bond acceptors (Lipinski definition) is 6. The van der Waals surface area contributed by atoms with Crippen molar-refractivity contribution in [1.82, 2.24) is 15.2 Å². The summed E-state index contributed by atoms with van der Waals surface area (Å²) >= 11 is 0. The largest absolute Gasteiger partial charge is 0.486 e. The van der Waals surface area contributed by atoms with Crippen LogP contribution >= 0.6 is 0 Å². The zero-order valence-electron chi connectivity index (χ0n) is 16.8.